The normalized spacial score (nSPS) is 10.3. The molecule has 2 aromatic rings. The van der Waals surface area contributed by atoms with E-state index in [9.17, 15) is 9.59 Å². The molecule has 2 rings (SSSR count). The molecule has 1 heterocycles. The molecule has 0 unspecified atom stereocenters. The van der Waals surface area contributed by atoms with Gasteiger partial charge in [-0.05, 0) is 56.2 Å². The van der Waals surface area contributed by atoms with Crippen LogP contribution in [0.25, 0.3) is 0 Å². The van der Waals surface area contributed by atoms with E-state index in [1.807, 2.05) is 6.07 Å². The molecular formula is C21H27N3O3. The van der Waals surface area contributed by atoms with Gasteiger partial charge < -0.3 is 15.0 Å². The zero-order chi connectivity index (χ0) is 19.6. The fourth-order valence-electron chi connectivity index (χ4n) is 2.72. The number of benzene rings is 1. The molecule has 0 aliphatic heterocycles. The van der Waals surface area contributed by atoms with E-state index in [-0.39, 0.29) is 11.9 Å². The maximum Gasteiger partial charge on any atom is 0.338 e. The van der Waals surface area contributed by atoms with E-state index < -0.39 is 0 Å². The lowest BCUT2D eigenvalue weighted by Crippen LogP contribution is -2.25. The number of amides is 1. The van der Waals surface area contributed by atoms with Crippen molar-refractivity contribution in [2.75, 3.05) is 29.9 Å². The topological polar surface area (TPSA) is 71.5 Å². The summed E-state index contributed by atoms with van der Waals surface area (Å²) in [7, 11) is 0. The molecule has 1 amide bonds. The van der Waals surface area contributed by atoms with Crippen molar-refractivity contribution in [3.05, 3.63) is 53.9 Å². The standard InChI is InChI=1S/C21H27N3O3/c1-4-13-24(14-5-2)18-11-12-19(22-15-18)20(25)23-17-9-7-16(8-10-17)21(26)27-6-3/h7-12,15H,4-6,13-14H2,1-3H3,(H,23,25). The predicted molar refractivity (Wildman–Crippen MR) is 107 cm³/mol. The molecule has 27 heavy (non-hydrogen) atoms. The van der Waals surface area contributed by atoms with Crippen LogP contribution < -0.4 is 10.2 Å². The van der Waals surface area contributed by atoms with Crippen molar-refractivity contribution in [2.24, 2.45) is 0 Å². The van der Waals surface area contributed by atoms with Gasteiger partial charge in [0.2, 0.25) is 0 Å². The average molecular weight is 369 g/mol. The molecule has 1 aromatic carbocycles. The van der Waals surface area contributed by atoms with Gasteiger partial charge in [-0.15, -0.1) is 0 Å². The number of pyridine rings is 1. The van der Waals surface area contributed by atoms with Gasteiger partial charge in [-0.2, -0.15) is 0 Å². The molecule has 0 bridgehead atoms. The Morgan fingerprint density at radius 1 is 1.00 bits per heavy atom. The Balaban J connectivity index is 2.02. The van der Waals surface area contributed by atoms with Crippen LogP contribution in [0.5, 0.6) is 0 Å². The van der Waals surface area contributed by atoms with Crippen LogP contribution >= 0.6 is 0 Å². The summed E-state index contributed by atoms with van der Waals surface area (Å²) in [6, 6.07) is 10.2. The van der Waals surface area contributed by atoms with Crippen molar-refractivity contribution in [1.82, 2.24) is 4.98 Å². The summed E-state index contributed by atoms with van der Waals surface area (Å²) in [5.41, 5.74) is 2.41. The summed E-state index contributed by atoms with van der Waals surface area (Å²) in [4.78, 5) is 30.6. The number of rotatable bonds is 9. The summed E-state index contributed by atoms with van der Waals surface area (Å²) in [6.07, 6.45) is 3.86. The molecule has 6 heteroatoms. The smallest absolute Gasteiger partial charge is 0.338 e. The highest BCUT2D eigenvalue weighted by Crippen LogP contribution is 2.16. The van der Waals surface area contributed by atoms with E-state index in [4.69, 9.17) is 4.74 Å². The zero-order valence-corrected chi connectivity index (χ0v) is 16.2. The number of hydrogen-bond donors (Lipinski definition) is 1. The lowest BCUT2D eigenvalue weighted by molar-refractivity contribution is 0.0526. The molecule has 0 fully saturated rings. The lowest BCUT2D eigenvalue weighted by Gasteiger charge is -2.23. The summed E-state index contributed by atoms with van der Waals surface area (Å²) in [5, 5.41) is 2.79. The van der Waals surface area contributed by atoms with Gasteiger partial charge in [0, 0.05) is 18.8 Å². The van der Waals surface area contributed by atoms with E-state index in [1.54, 1.807) is 43.5 Å². The minimum absolute atomic E-state index is 0.289. The van der Waals surface area contributed by atoms with Crippen LogP contribution in [-0.4, -0.2) is 36.6 Å². The molecule has 0 saturated heterocycles. The van der Waals surface area contributed by atoms with Crippen LogP contribution in [0.4, 0.5) is 11.4 Å². The molecule has 0 atom stereocenters. The van der Waals surface area contributed by atoms with E-state index in [1.165, 1.54) is 0 Å². The van der Waals surface area contributed by atoms with E-state index >= 15 is 0 Å². The summed E-state index contributed by atoms with van der Waals surface area (Å²) in [6.45, 7) is 8.30. The maximum atomic E-state index is 12.4. The number of hydrogen-bond acceptors (Lipinski definition) is 5. The molecule has 0 radical (unpaired) electrons. The number of carbonyl (C=O) groups excluding carboxylic acids is 2. The van der Waals surface area contributed by atoms with Crippen molar-refractivity contribution in [1.29, 1.82) is 0 Å². The van der Waals surface area contributed by atoms with Gasteiger partial charge in [-0.3, -0.25) is 4.79 Å². The van der Waals surface area contributed by atoms with E-state index in [0.717, 1.165) is 31.6 Å². The van der Waals surface area contributed by atoms with Gasteiger partial charge in [0.1, 0.15) is 5.69 Å². The Hall–Kier alpha value is -2.89. The number of anilines is 2. The van der Waals surface area contributed by atoms with Crippen LogP contribution in [0.3, 0.4) is 0 Å². The van der Waals surface area contributed by atoms with Crippen LogP contribution in [0.15, 0.2) is 42.6 Å². The molecule has 0 saturated carbocycles. The minimum Gasteiger partial charge on any atom is -0.462 e. The lowest BCUT2D eigenvalue weighted by atomic mass is 10.2. The summed E-state index contributed by atoms with van der Waals surface area (Å²) >= 11 is 0. The molecule has 0 aliphatic rings. The molecule has 6 nitrogen and oxygen atoms in total. The number of ether oxygens (including phenoxy) is 1. The molecule has 0 spiro atoms. The second-order valence-corrected chi connectivity index (χ2v) is 6.14. The quantitative estimate of drug-likeness (QED) is 0.673. The Kier molecular flexibility index (Phi) is 7.79. The molecule has 1 N–H and O–H groups in total. The number of carbonyl (C=O) groups is 2. The second kappa shape index (κ2) is 10.3. The highest BCUT2D eigenvalue weighted by molar-refractivity contribution is 6.03. The first-order valence-corrected chi connectivity index (χ1v) is 9.38. The Morgan fingerprint density at radius 2 is 1.67 bits per heavy atom. The van der Waals surface area contributed by atoms with Crippen molar-refractivity contribution < 1.29 is 14.3 Å². The molecule has 144 valence electrons. The fourth-order valence-corrected chi connectivity index (χ4v) is 2.72. The third kappa shape index (κ3) is 5.81. The second-order valence-electron chi connectivity index (χ2n) is 6.14. The van der Waals surface area contributed by atoms with E-state index in [2.05, 4.69) is 29.0 Å². The first-order chi connectivity index (χ1) is 13.1. The van der Waals surface area contributed by atoms with Crippen LogP contribution in [-0.2, 0) is 4.74 Å². The monoisotopic (exact) mass is 369 g/mol. The Bertz CT molecular complexity index is 736. The number of aromatic nitrogens is 1. The van der Waals surface area contributed by atoms with Crippen molar-refractivity contribution >= 4 is 23.3 Å². The molecular weight excluding hydrogens is 342 g/mol. The van der Waals surface area contributed by atoms with Crippen LogP contribution in [0.1, 0.15) is 54.5 Å². The van der Waals surface area contributed by atoms with E-state index in [0.29, 0.717) is 23.6 Å². The van der Waals surface area contributed by atoms with Crippen molar-refractivity contribution in [3.63, 3.8) is 0 Å². The largest absolute Gasteiger partial charge is 0.462 e. The zero-order valence-electron chi connectivity index (χ0n) is 16.2. The molecule has 1 aromatic heterocycles. The third-order valence-corrected chi connectivity index (χ3v) is 3.99. The molecule has 0 aliphatic carbocycles. The van der Waals surface area contributed by atoms with Gasteiger partial charge in [0.05, 0.1) is 24.1 Å². The number of nitrogens with zero attached hydrogens (tertiary/aromatic N) is 2. The first-order valence-electron chi connectivity index (χ1n) is 9.38. The van der Waals surface area contributed by atoms with Crippen molar-refractivity contribution in [2.45, 2.75) is 33.6 Å². The SMILES string of the molecule is CCCN(CCC)c1ccc(C(=O)Nc2ccc(C(=O)OCC)cc2)nc1. The van der Waals surface area contributed by atoms with Crippen LogP contribution in [0.2, 0.25) is 0 Å². The van der Waals surface area contributed by atoms with Gasteiger partial charge in [-0.1, -0.05) is 13.8 Å². The minimum atomic E-state index is -0.378. The first kappa shape index (κ1) is 20.4. The van der Waals surface area contributed by atoms with Crippen LogP contribution in [0, 0.1) is 0 Å². The van der Waals surface area contributed by atoms with Crippen molar-refractivity contribution in [3.8, 4) is 0 Å². The van der Waals surface area contributed by atoms with Gasteiger partial charge in [-0.25, -0.2) is 9.78 Å². The summed E-state index contributed by atoms with van der Waals surface area (Å²) < 4.78 is 4.94. The van der Waals surface area contributed by atoms with Gasteiger partial charge >= 0.3 is 5.97 Å². The van der Waals surface area contributed by atoms with Gasteiger partial charge in [0.15, 0.2) is 0 Å². The average Bonchev–Trinajstić information content (AvgIpc) is 2.68. The third-order valence-electron chi connectivity index (χ3n) is 3.99. The highest BCUT2D eigenvalue weighted by atomic mass is 16.5. The highest BCUT2D eigenvalue weighted by Gasteiger charge is 2.11. The summed E-state index contributed by atoms with van der Waals surface area (Å²) in [5.74, 6) is -0.667. The number of esters is 1. The Morgan fingerprint density at radius 3 is 2.19 bits per heavy atom. The number of nitrogens with one attached hydrogen (secondary N) is 1. The Labute approximate surface area is 160 Å². The van der Waals surface area contributed by atoms with Gasteiger partial charge in [0.25, 0.3) is 5.91 Å². The maximum absolute atomic E-state index is 12.4. The predicted octanol–water partition coefficient (Wildman–Crippen LogP) is 4.14. The fraction of sp³-hybridized carbons (Fsp3) is 0.381.